The summed E-state index contributed by atoms with van der Waals surface area (Å²) < 4.78 is 46.6. The fraction of sp³-hybridized carbons (Fsp3) is 0.120. The molecule has 4 rings (SSSR count). The van der Waals surface area contributed by atoms with Gasteiger partial charge in [-0.15, -0.1) is 0 Å². The van der Waals surface area contributed by atoms with Crippen LogP contribution < -0.4 is 4.74 Å². The number of aryl methyl sites for hydroxylation is 1. The summed E-state index contributed by atoms with van der Waals surface area (Å²) in [6.07, 6.45) is -4.63. The van der Waals surface area contributed by atoms with Crippen LogP contribution in [0.4, 0.5) is 13.2 Å². The minimum absolute atomic E-state index is 0.0757. The van der Waals surface area contributed by atoms with Crippen LogP contribution in [0.25, 0.3) is 22.4 Å². The number of nitrogens with zero attached hydrogens (tertiary/aromatic N) is 3. The highest BCUT2D eigenvalue weighted by Crippen LogP contribution is 2.45. The lowest BCUT2D eigenvalue weighted by atomic mass is 9.97. The molecule has 1 N–H and O–H groups in total. The molecule has 0 saturated heterocycles. The molecule has 0 fully saturated rings. The Morgan fingerprint density at radius 1 is 1.09 bits per heavy atom. The normalized spacial score (nSPS) is 11.3. The van der Waals surface area contributed by atoms with Gasteiger partial charge in [0.1, 0.15) is 18.1 Å². The Kier molecular flexibility index (Phi) is 6.22. The van der Waals surface area contributed by atoms with E-state index >= 15 is 0 Å². The third-order valence-corrected chi connectivity index (χ3v) is 5.43. The van der Waals surface area contributed by atoms with Crippen molar-refractivity contribution in [2.75, 3.05) is 0 Å². The molecule has 4 aromatic rings. The van der Waals surface area contributed by atoms with Gasteiger partial charge in [0.05, 0.1) is 22.9 Å². The second-order valence-corrected chi connectivity index (χ2v) is 7.92. The molecule has 0 amide bonds. The highest BCUT2D eigenvalue weighted by atomic mass is 35.5. The molecule has 0 saturated carbocycles. The minimum Gasteiger partial charge on any atom is -0.506 e. The number of hydrogen-bond acceptors (Lipinski definition) is 4. The van der Waals surface area contributed by atoms with Crippen molar-refractivity contribution in [1.82, 2.24) is 9.78 Å². The molecular formula is C25H17ClF3N3O2. The Morgan fingerprint density at radius 3 is 2.47 bits per heavy atom. The molecule has 0 aliphatic heterocycles. The summed E-state index contributed by atoms with van der Waals surface area (Å²) in [4.78, 5) is 0. The van der Waals surface area contributed by atoms with Crippen molar-refractivity contribution in [2.45, 2.75) is 12.8 Å². The predicted molar refractivity (Wildman–Crippen MR) is 121 cm³/mol. The van der Waals surface area contributed by atoms with E-state index in [2.05, 4.69) is 5.10 Å². The maximum absolute atomic E-state index is 13.2. The molecule has 3 aromatic carbocycles. The fourth-order valence-corrected chi connectivity index (χ4v) is 3.65. The van der Waals surface area contributed by atoms with Crippen LogP contribution in [0.1, 0.15) is 16.8 Å². The average molecular weight is 484 g/mol. The number of aromatic nitrogens is 2. The highest BCUT2D eigenvalue weighted by molar-refractivity contribution is 6.30. The molecule has 9 heteroatoms. The molecule has 0 unspecified atom stereocenters. The second-order valence-electron chi connectivity index (χ2n) is 7.48. The van der Waals surface area contributed by atoms with Gasteiger partial charge in [-0.2, -0.15) is 23.5 Å². The van der Waals surface area contributed by atoms with Gasteiger partial charge in [-0.05, 0) is 53.6 Å². The summed E-state index contributed by atoms with van der Waals surface area (Å²) in [7, 11) is 1.37. The van der Waals surface area contributed by atoms with Crippen molar-refractivity contribution in [3.63, 3.8) is 0 Å². The monoisotopic (exact) mass is 483 g/mol. The van der Waals surface area contributed by atoms with Crippen LogP contribution in [0.2, 0.25) is 5.02 Å². The first-order valence-electron chi connectivity index (χ1n) is 10.0. The molecule has 1 aromatic heterocycles. The number of phenols is 1. The summed E-state index contributed by atoms with van der Waals surface area (Å²) >= 11 is 5.92. The van der Waals surface area contributed by atoms with Gasteiger partial charge in [-0.3, -0.25) is 4.68 Å². The quantitative estimate of drug-likeness (QED) is 0.348. The van der Waals surface area contributed by atoms with Crippen molar-refractivity contribution >= 4 is 11.6 Å². The van der Waals surface area contributed by atoms with E-state index in [1.165, 1.54) is 13.1 Å². The van der Waals surface area contributed by atoms with E-state index in [9.17, 15) is 23.5 Å². The van der Waals surface area contributed by atoms with Gasteiger partial charge in [-0.25, -0.2) is 0 Å². The average Bonchev–Trinajstić information content (AvgIpc) is 3.20. The number of halogens is 4. The largest absolute Gasteiger partial charge is 0.506 e. The summed E-state index contributed by atoms with van der Waals surface area (Å²) in [5.74, 6) is 0.00456. The Bertz CT molecular complexity index is 1390. The third-order valence-electron chi connectivity index (χ3n) is 5.17. The van der Waals surface area contributed by atoms with E-state index in [0.29, 0.717) is 21.9 Å². The van der Waals surface area contributed by atoms with Crippen LogP contribution in [0.3, 0.4) is 0 Å². The Morgan fingerprint density at radius 2 is 1.82 bits per heavy atom. The van der Waals surface area contributed by atoms with Gasteiger partial charge in [0.2, 0.25) is 0 Å². The molecular weight excluding hydrogens is 467 g/mol. The van der Waals surface area contributed by atoms with Crippen LogP contribution >= 0.6 is 11.6 Å². The summed E-state index contributed by atoms with van der Waals surface area (Å²) in [5.41, 5.74) is 1.05. The van der Waals surface area contributed by atoms with E-state index in [4.69, 9.17) is 16.3 Å². The zero-order valence-electron chi connectivity index (χ0n) is 17.8. The first-order chi connectivity index (χ1) is 16.2. The number of rotatable bonds is 5. The molecule has 0 aliphatic rings. The number of aromatic hydroxyl groups is 1. The lowest BCUT2D eigenvalue weighted by Gasteiger charge is -2.17. The highest BCUT2D eigenvalue weighted by Gasteiger charge is 2.35. The van der Waals surface area contributed by atoms with Crippen molar-refractivity contribution < 1.29 is 23.0 Å². The van der Waals surface area contributed by atoms with Crippen LogP contribution in [-0.4, -0.2) is 14.9 Å². The zero-order valence-corrected chi connectivity index (χ0v) is 18.5. The summed E-state index contributed by atoms with van der Waals surface area (Å²) in [6.45, 7) is 0.158. The number of alkyl halides is 3. The Labute approximate surface area is 198 Å². The number of benzene rings is 3. The topological polar surface area (TPSA) is 71.1 Å². The van der Waals surface area contributed by atoms with Crippen molar-refractivity contribution in [3.05, 3.63) is 88.6 Å². The van der Waals surface area contributed by atoms with E-state index < -0.39 is 11.9 Å². The molecule has 0 spiro atoms. The third kappa shape index (κ3) is 4.70. The maximum Gasteiger partial charge on any atom is 0.435 e. The minimum atomic E-state index is -4.63. The van der Waals surface area contributed by atoms with Gasteiger partial charge in [-0.1, -0.05) is 35.9 Å². The summed E-state index contributed by atoms with van der Waals surface area (Å²) in [5, 5.41) is 24.6. The van der Waals surface area contributed by atoms with E-state index in [1.807, 2.05) is 6.07 Å². The molecule has 5 nitrogen and oxygen atoms in total. The Balaban J connectivity index is 1.83. The molecule has 172 valence electrons. The Hall–Kier alpha value is -3.96. The van der Waals surface area contributed by atoms with Gasteiger partial charge in [0.25, 0.3) is 0 Å². The van der Waals surface area contributed by atoms with Crippen LogP contribution in [0.15, 0.2) is 66.7 Å². The van der Waals surface area contributed by atoms with E-state index in [-0.39, 0.29) is 29.2 Å². The first kappa shape index (κ1) is 23.2. The lowest BCUT2D eigenvalue weighted by Crippen LogP contribution is -2.06. The SMILES string of the molecule is Cn1nc(C(F)(F)F)cc1-c1ccc(OCc2ccc(Cl)cc2)c(-c2cccc(C#N)c2)c1O. The maximum atomic E-state index is 13.2. The smallest absolute Gasteiger partial charge is 0.435 e. The van der Waals surface area contributed by atoms with Crippen LogP contribution in [0.5, 0.6) is 11.5 Å². The lowest BCUT2D eigenvalue weighted by molar-refractivity contribution is -0.141. The molecule has 0 aliphatic carbocycles. The molecule has 0 atom stereocenters. The van der Waals surface area contributed by atoms with Gasteiger partial charge < -0.3 is 9.84 Å². The number of nitriles is 1. The fourth-order valence-electron chi connectivity index (χ4n) is 3.52. The van der Waals surface area contributed by atoms with Crippen molar-refractivity contribution in [2.24, 2.45) is 7.05 Å². The molecule has 34 heavy (non-hydrogen) atoms. The van der Waals surface area contributed by atoms with Crippen LogP contribution in [0, 0.1) is 11.3 Å². The molecule has 0 bridgehead atoms. The van der Waals surface area contributed by atoms with E-state index in [0.717, 1.165) is 16.3 Å². The van der Waals surface area contributed by atoms with Crippen molar-refractivity contribution in [3.8, 4) is 40.0 Å². The summed E-state index contributed by atoms with van der Waals surface area (Å²) in [6, 6.07) is 19.5. The van der Waals surface area contributed by atoms with Gasteiger partial charge in [0.15, 0.2) is 5.69 Å². The van der Waals surface area contributed by atoms with E-state index in [1.54, 1.807) is 54.6 Å². The van der Waals surface area contributed by atoms with Crippen molar-refractivity contribution in [1.29, 1.82) is 5.26 Å². The second kappa shape index (κ2) is 9.12. The molecule has 0 radical (unpaired) electrons. The standard InChI is InChI=1S/C25H17ClF3N3O2/c1-32-20(12-22(31-32)25(27,28)29)19-9-10-21(34-14-15-5-7-18(26)8-6-15)23(24(19)33)17-4-2-3-16(11-17)13-30/h2-12,33H,14H2,1H3. The number of ether oxygens (including phenoxy) is 1. The van der Waals surface area contributed by atoms with Crippen LogP contribution in [-0.2, 0) is 19.8 Å². The van der Waals surface area contributed by atoms with Gasteiger partial charge in [0, 0.05) is 17.6 Å². The van der Waals surface area contributed by atoms with Gasteiger partial charge >= 0.3 is 6.18 Å². The molecule has 1 heterocycles. The first-order valence-corrected chi connectivity index (χ1v) is 10.4. The predicted octanol–water partition coefficient (Wildman–Crippen LogP) is 6.58. The zero-order chi connectivity index (χ0) is 24.5. The number of phenolic OH excluding ortho intramolecular Hbond substituents is 1. The number of hydrogen-bond donors (Lipinski definition) is 1.